The molecule has 3 aromatic rings. The summed E-state index contributed by atoms with van der Waals surface area (Å²) in [5.41, 5.74) is 0.496. The van der Waals surface area contributed by atoms with Crippen LogP contribution in [0.3, 0.4) is 0 Å². The van der Waals surface area contributed by atoms with Gasteiger partial charge in [-0.15, -0.1) is 12.4 Å². The maximum Gasteiger partial charge on any atom is 0.278 e. The van der Waals surface area contributed by atoms with E-state index in [0.717, 1.165) is 17.4 Å². The molecule has 27 heavy (non-hydrogen) atoms. The SMILES string of the molecule is CCn1nccc1C(=O)N(CCN(C)C)c1nc2c(F)cc(F)cc2s1.Cl. The van der Waals surface area contributed by atoms with Crippen LogP contribution >= 0.6 is 23.7 Å². The molecule has 0 aliphatic heterocycles. The number of carbonyl (C=O) groups excluding carboxylic acids is 1. The molecule has 0 saturated carbocycles. The Morgan fingerprint density at radius 3 is 2.67 bits per heavy atom. The van der Waals surface area contributed by atoms with Gasteiger partial charge in [0, 0.05) is 31.9 Å². The molecule has 1 amide bonds. The number of carbonyl (C=O) groups is 1. The lowest BCUT2D eigenvalue weighted by Crippen LogP contribution is -2.37. The molecule has 2 heterocycles. The number of aromatic nitrogens is 3. The third kappa shape index (κ3) is 4.42. The number of aryl methyl sites for hydroxylation is 1. The van der Waals surface area contributed by atoms with Crippen LogP contribution in [-0.4, -0.2) is 52.8 Å². The van der Waals surface area contributed by atoms with E-state index in [1.807, 2.05) is 25.9 Å². The molecule has 0 N–H and O–H groups in total. The van der Waals surface area contributed by atoms with Crippen LogP contribution in [0.1, 0.15) is 17.4 Å². The molecular weight excluding hydrogens is 396 g/mol. The van der Waals surface area contributed by atoms with E-state index in [9.17, 15) is 13.6 Å². The molecule has 0 aliphatic rings. The summed E-state index contributed by atoms with van der Waals surface area (Å²) in [5.74, 6) is -1.67. The summed E-state index contributed by atoms with van der Waals surface area (Å²) < 4.78 is 29.5. The average molecular weight is 416 g/mol. The predicted molar refractivity (Wildman–Crippen MR) is 105 cm³/mol. The van der Waals surface area contributed by atoms with E-state index in [1.165, 1.54) is 11.0 Å². The van der Waals surface area contributed by atoms with Crippen LogP contribution in [0.25, 0.3) is 10.2 Å². The first kappa shape index (κ1) is 21.2. The number of hydrogen-bond acceptors (Lipinski definition) is 5. The van der Waals surface area contributed by atoms with Crippen LogP contribution in [0.15, 0.2) is 24.4 Å². The quantitative estimate of drug-likeness (QED) is 0.619. The van der Waals surface area contributed by atoms with Gasteiger partial charge in [-0.25, -0.2) is 13.8 Å². The minimum absolute atomic E-state index is 0. The molecule has 3 rings (SSSR count). The Morgan fingerprint density at radius 1 is 1.26 bits per heavy atom. The first-order chi connectivity index (χ1) is 12.4. The molecule has 0 aliphatic carbocycles. The van der Waals surface area contributed by atoms with Gasteiger partial charge in [-0.2, -0.15) is 5.10 Å². The number of halogens is 3. The molecule has 0 fully saturated rings. The highest BCUT2D eigenvalue weighted by atomic mass is 35.5. The number of hydrogen-bond donors (Lipinski definition) is 0. The van der Waals surface area contributed by atoms with Crippen molar-refractivity contribution in [1.29, 1.82) is 0 Å². The topological polar surface area (TPSA) is 54.3 Å². The highest BCUT2D eigenvalue weighted by molar-refractivity contribution is 7.22. The molecule has 146 valence electrons. The molecule has 0 atom stereocenters. The molecule has 0 unspecified atom stereocenters. The van der Waals surface area contributed by atoms with Crippen molar-refractivity contribution in [2.24, 2.45) is 0 Å². The van der Waals surface area contributed by atoms with Crippen molar-refractivity contribution in [2.75, 3.05) is 32.1 Å². The van der Waals surface area contributed by atoms with Crippen LogP contribution in [0.5, 0.6) is 0 Å². The highest BCUT2D eigenvalue weighted by Gasteiger charge is 2.24. The lowest BCUT2D eigenvalue weighted by Gasteiger charge is -2.22. The highest BCUT2D eigenvalue weighted by Crippen LogP contribution is 2.31. The fourth-order valence-corrected chi connectivity index (χ4v) is 3.58. The largest absolute Gasteiger partial charge is 0.308 e. The number of rotatable bonds is 6. The van der Waals surface area contributed by atoms with Crippen molar-refractivity contribution in [1.82, 2.24) is 19.7 Å². The van der Waals surface area contributed by atoms with Gasteiger partial charge < -0.3 is 4.90 Å². The maximum atomic E-state index is 14.0. The van der Waals surface area contributed by atoms with E-state index in [0.29, 0.717) is 35.2 Å². The summed E-state index contributed by atoms with van der Waals surface area (Å²) in [6.07, 6.45) is 1.56. The second kappa shape index (κ2) is 8.73. The molecule has 6 nitrogen and oxygen atoms in total. The summed E-state index contributed by atoms with van der Waals surface area (Å²) in [7, 11) is 3.79. The first-order valence-electron chi connectivity index (χ1n) is 8.14. The van der Waals surface area contributed by atoms with E-state index in [-0.39, 0.29) is 23.8 Å². The Bertz CT molecular complexity index is 943. The number of thiazole rings is 1. The lowest BCUT2D eigenvalue weighted by molar-refractivity contribution is 0.0975. The van der Waals surface area contributed by atoms with E-state index in [2.05, 4.69) is 10.1 Å². The normalized spacial score (nSPS) is 11.0. The summed E-state index contributed by atoms with van der Waals surface area (Å²) in [6, 6.07) is 3.66. The molecule has 0 radical (unpaired) electrons. The van der Waals surface area contributed by atoms with Gasteiger partial charge in [0.2, 0.25) is 0 Å². The Kier molecular flexibility index (Phi) is 6.85. The van der Waals surface area contributed by atoms with Gasteiger partial charge >= 0.3 is 0 Å². The lowest BCUT2D eigenvalue weighted by atomic mass is 10.3. The predicted octanol–water partition coefficient (Wildman–Crippen LogP) is 3.42. The van der Waals surface area contributed by atoms with Gasteiger partial charge in [0.1, 0.15) is 17.0 Å². The second-order valence-electron chi connectivity index (χ2n) is 6.02. The summed E-state index contributed by atoms with van der Waals surface area (Å²) in [6.45, 7) is 3.41. The fraction of sp³-hybridized carbons (Fsp3) is 0.353. The Labute approximate surface area is 165 Å². The molecule has 2 aromatic heterocycles. The molecular formula is C17H20ClF2N5OS. The molecule has 0 saturated heterocycles. The van der Waals surface area contributed by atoms with Crippen molar-refractivity contribution in [3.63, 3.8) is 0 Å². The molecule has 1 aromatic carbocycles. The van der Waals surface area contributed by atoms with Crippen LogP contribution in [-0.2, 0) is 6.54 Å². The van der Waals surface area contributed by atoms with E-state index in [1.54, 1.807) is 16.9 Å². The van der Waals surface area contributed by atoms with Crippen molar-refractivity contribution in [3.8, 4) is 0 Å². The zero-order chi connectivity index (χ0) is 18.8. The number of likely N-dealkylation sites (N-methyl/N-ethyl adjacent to an activating group) is 1. The molecule has 10 heteroatoms. The summed E-state index contributed by atoms with van der Waals surface area (Å²) in [5, 5.41) is 4.46. The smallest absolute Gasteiger partial charge is 0.278 e. The number of nitrogens with zero attached hydrogens (tertiary/aromatic N) is 5. The zero-order valence-electron chi connectivity index (χ0n) is 15.1. The van der Waals surface area contributed by atoms with Crippen molar-refractivity contribution < 1.29 is 13.6 Å². The minimum atomic E-state index is -0.735. The van der Waals surface area contributed by atoms with Gasteiger partial charge in [0.15, 0.2) is 10.9 Å². The van der Waals surface area contributed by atoms with Gasteiger partial charge in [0.05, 0.1) is 4.70 Å². The van der Waals surface area contributed by atoms with Crippen LogP contribution in [0.2, 0.25) is 0 Å². The number of benzene rings is 1. The summed E-state index contributed by atoms with van der Waals surface area (Å²) in [4.78, 5) is 20.8. The van der Waals surface area contributed by atoms with E-state index < -0.39 is 11.6 Å². The van der Waals surface area contributed by atoms with Gasteiger partial charge in [0.25, 0.3) is 5.91 Å². The molecule has 0 spiro atoms. The van der Waals surface area contributed by atoms with Crippen LogP contribution in [0.4, 0.5) is 13.9 Å². The van der Waals surface area contributed by atoms with E-state index in [4.69, 9.17) is 0 Å². The van der Waals surface area contributed by atoms with Crippen molar-refractivity contribution in [2.45, 2.75) is 13.5 Å². The summed E-state index contributed by atoms with van der Waals surface area (Å²) >= 11 is 1.09. The Balaban J connectivity index is 0.00000261. The van der Waals surface area contributed by atoms with Crippen LogP contribution in [0, 0.1) is 11.6 Å². The van der Waals surface area contributed by atoms with Gasteiger partial charge in [-0.3, -0.25) is 14.4 Å². The fourth-order valence-electron chi connectivity index (χ4n) is 2.55. The van der Waals surface area contributed by atoms with Crippen molar-refractivity contribution >= 4 is 45.0 Å². The number of anilines is 1. The first-order valence-corrected chi connectivity index (χ1v) is 8.96. The number of fused-ring (bicyclic) bond motifs is 1. The Hall–Kier alpha value is -2.10. The minimum Gasteiger partial charge on any atom is -0.308 e. The zero-order valence-corrected chi connectivity index (χ0v) is 16.8. The standard InChI is InChI=1S/C17H19F2N5OS.ClH/c1-4-24-13(5-6-20-24)16(25)23(8-7-22(2)3)17-21-15-12(19)9-11(18)10-14(15)26-17;/h5-6,9-10H,4,7-8H2,1-3H3;1H. The third-order valence-corrected chi connectivity index (χ3v) is 4.91. The maximum absolute atomic E-state index is 14.0. The molecule has 0 bridgehead atoms. The van der Waals surface area contributed by atoms with Gasteiger partial charge in [-0.1, -0.05) is 11.3 Å². The van der Waals surface area contributed by atoms with Gasteiger partial charge in [-0.05, 0) is 33.2 Å². The number of amides is 1. The Morgan fingerprint density at radius 2 is 2.00 bits per heavy atom. The van der Waals surface area contributed by atoms with E-state index >= 15 is 0 Å². The average Bonchev–Trinajstić information content (AvgIpc) is 3.20. The monoisotopic (exact) mass is 415 g/mol. The second-order valence-corrected chi connectivity index (χ2v) is 7.03. The van der Waals surface area contributed by atoms with Crippen LogP contribution < -0.4 is 4.90 Å². The van der Waals surface area contributed by atoms with Crippen molar-refractivity contribution in [3.05, 3.63) is 41.7 Å². The third-order valence-electron chi connectivity index (χ3n) is 3.88.